The lowest BCUT2D eigenvalue weighted by atomic mass is 10.1. The Morgan fingerprint density at radius 2 is 1.87 bits per heavy atom. The van der Waals surface area contributed by atoms with Gasteiger partial charge in [-0.05, 0) is 50.3 Å². The van der Waals surface area contributed by atoms with Gasteiger partial charge in [-0.3, -0.25) is 19.3 Å². The summed E-state index contributed by atoms with van der Waals surface area (Å²) in [6.07, 6.45) is 1.82. The fourth-order valence-corrected chi connectivity index (χ4v) is 3.13. The first kappa shape index (κ1) is 23.3. The van der Waals surface area contributed by atoms with Crippen molar-refractivity contribution < 1.29 is 24.3 Å². The molecule has 0 radical (unpaired) electrons. The van der Waals surface area contributed by atoms with E-state index in [0.717, 1.165) is 29.7 Å². The Kier molecular flexibility index (Phi) is 8.35. The van der Waals surface area contributed by atoms with Gasteiger partial charge >= 0.3 is 5.97 Å². The number of nitrogens with one attached hydrogen (secondary N) is 2. The minimum atomic E-state index is -1.21. The Labute approximate surface area is 176 Å². The molecule has 1 atom stereocenters. The van der Waals surface area contributed by atoms with Gasteiger partial charge in [-0.15, -0.1) is 0 Å². The molecule has 0 aromatic heterocycles. The van der Waals surface area contributed by atoms with Gasteiger partial charge < -0.3 is 21.5 Å². The number of carbonyl (C=O) groups is 4. The van der Waals surface area contributed by atoms with Gasteiger partial charge in [0.1, 0.15) is 6.04 Å². The number of aryl methyl sites for hydroxylation is 2. The summed E-state index contributed by atoms with van der Waals surface area (Å²) in [6.45, 7) is 4.39. The second-order valence-corrected chi connectivity index (χ2v) is 7.78. The van der Waals surface area contributed by atoms with Crippen molar-refractivity contribution >= 4 is 29.4 Å². The number of nitrogens with two attached hydrogens (primary N) is 1. The van der Waals surface area contributed by atoms with Gasteiger partial charge in [0.25, 0.3) is 0 Å². The first-order valence-corrected chi connectivity index (χ1v) is 10.1. The van der Waals surface area contributed by atoms with Gasteiger partial charge in [-0.1, -0.05) is 12.1 Å². The van der Waals surface area contributed by atoms with E-state index in [2.05, 4.69) is 10.6 Å². The summed E-state index contributed by atoms with van der Waals surface area (Å²) in [5, 5.41) is 14.5. The highest BCUT2D eigenvalue weighted by atomic mass is 16.4. The molecule has 0 aliphatic heterocycles. The van der Waals surface area contributed by atoms with Crippen LogP contribution in [0.4, 0.5) is 5.69 Å². The van der Waals surface area contributed by atoms with Crippen LogP contribution < -0.4 is 16.4 Å². The number of benzene rings is 1. The maximum Gasteiger partial charge on any atom is 0.326 e. The van der Waals surface area contributed by atoms with Crippen LogP contribution in [-0.4, -0.2) is 58.9 Å². The second kappa shape index (κ2) is 10.7. The Balaban J connectivity index is 1.85. The Morgan fingerprint density at radius 1 is 1.17 bits per heavy atom. The summed E-state index contributed by atoms with van der Waals surface area (Å²) in [5.74, 6) is -2.42. The predicted molar refractivity (Wildman–Crippen MR) is 112 cm³/mol. The van der Waals surface area contributed by atoms with Crippen LogP contribution in [0, 0.1) is 13.8 Å². The zero-order chi connectivity index (χ0) is 22.3. The molecule has 9 heteroatoms. The average molecular weight is 418 g/mol. The molecule has 1 aliphatic rings. The van der Waals surface area contributed by atoms with E-state index in [9.17, 15) is 24.3 Å². The number of anilines is 1. The van der Waals surface area contributed by atoms with Gasteiger partial charge in [-0.25, -0.2) is 4.79 Å². The lowest BCUT2D eigenvalue weighted by Crippen LogP contribution is -2.43. The number of hydrogen-bond donors (Lipinski definition) is 4. The van der Waals surface area contributed by atoms with Gasteiger partial charge in [-0.2, -0.15) is 0 Å². The Bertz CT molecular complexity index is 807. The zero-order valence-corrected chi connectivity index (χ0v) is 17.4. The SMILES string of the molecule is Cc1ccc(C)c(NC(=O)CN(CCC(=O)NC(CCC(N)=O)C(=O)O)C2CC2)c1. The smallest absolute Gasteiger partial charge is 0.326 e. The monoisotopic (exact) mass is 418 g/mol. The first-order valence-electron chi connectivity index (χ1n) is 10.1. The highest BCUT2D eigenvalue weighted by Crippen LogP contribution is 2.27. The molecule has 30 heavy (non-hydrogen) atoms. The van der Waals surface area contributed by atoms with E-state index >= 15 is 0 Å². The van der Waals surface area contributed by atoms with Gasteiger partial charge in [0.05, 0.1) is 6.54 Å². The van der Waals surface area contributed by atoms with Crippen LogP contribution in [0.25, 0.3) is 0 Å². The number of nitrogens with zero attached hydrogens (tertiary/aromatic N) is 1. The largest absolute Gasteiger partial charge is 0.480 e. The molecular weight excluding hydrogens is 388 g/mol. The van der Waals surface area contributed by atoms with Crippen LogP contribution in [0.2, 0.25) is 0 Å². The van der Waals surface area contributed by atoms with E-state index in [0.29, 0.717) is 6.54 Å². The molecule has 1 aliphatic carbocycles. The minimum Gasteiger partial charge on any atom is -0.480 e. The summed E-state index contributed by atoms with van der Waals surface area (Å²) in [7, 11) is 0. The average Bonchev–Trinajstić information content (AvgIpc) is 3.49. The summed E-state index contributed by atoms with van der Waals surface area (Å²) < 4.78 is 0. The topological polar surface area (TPSA) is 142 Å². The van der Waals surface area contributed by atoms with Crippen molar-refractivity contribution in [3.63, 3.8) is 0 Å². The van der Waals surface area contributed by atoms with Crippen LogP contribution in [0.15, 0.2) is 18.2 Å². The maximum atomic E-state index is 12.5. The zero-order valence-electron chi connectivity index (χ0n) is 17.4. The molecule has 0 heterocycles. The van der Waals surface area contributed by atoms with E-state index in [1.807, 2.05) is 36.9 Å². The number of amides is 3. The molecule has 1 unspecified atom stereocenters. The highest BCUT2D eigenvalue weighted by Gasteiger charge is 2.31. The van der Waals surface area contributed by atoms with Crippen LogP contribution >= 0.6 is 0 Å². The lowest BCUT2D eigenvalue weighted by Gasteiger charge is -2.22. The van der Waals surface area contributed by atoms with Gasteiger partial charge in [0.2, 0.25) is 17.7 Å². The first-order chi connectivity index (χ1) is 14.2. The molecule has 164 valence electrons. The Hall–Kier alpha value is -2.94. The van der Waals surface area contributed by atoms with Crippen LogP contribution in [0.1, 0.15) is 43.2 Å². The van der Waals surface area contributed by atoms with Crippen molar-refractivity contribution in [1.29, 1.82) is 0 Å². The van der Waals surface area contributed by atoms with Crippen molar-refractivity contribution in [2.45, 2.75) is 58.0 Å². The maximum absolute atomic E-state index is 12.5. The minimum absolute atomic E-state index is 0.0546. The summed E-state index contributed by atoms with van der Waals surface area (Å²) >= 11 is 0. The number of carboxylic acid groups (broad SMARTS) is 1. The number of carboxylic acids is 1. The molecule has 1 saturated carbocycles. The quantitative estimate of drug-likeness (QED) is 0.398. The fourth-order valence-electron chi connectivity index (χ4n) is 3.13. The van der Waals surface area contributed by atoms with Crippen LogP contribution in [0.3, 0.4) is 0 Å². The van der Waals surface area contributed by atoms with Crippen molar-refractivity contribution in [3.8, 4) is 0 Å². The number of aliphatic carboxylic acids is 1. The standard InChI is InChI=1S/C21H30N4O5/c1-13-3-4-14(2)17(11-13)24-20(28)12-25(15-5-6-15)10-9-19(27)23-16(21(29)30)7-8-18(22)26/h3-4,11,15-16H,5-10,12H2,1-2H3,(H2,22,26)(H,23,27)(H,24,28)(H,29,30). The summed E-state index contributed by atoms with van der Waals surface area (Å²) in [5.41, 5.74) is 7.84. The number of hydrogen-bond acceptors (Lipinski definition) is 5. The molecule has 0 bridgehead atoms. The number of primary amides is 1. The predicted octanol–water partition coefficient (Wildman–Crippen LogP) is 0.931. The second-order valence-electron chi connectivity index (χ2n) is 7.78. The molecule has 2 rings (SSSR count). The van der Waals surface area contributed by atoms with Crippen molar-refractivity contribution in [3.05, 3.63) is 29.3 Å². The van der Waals surface area contributed by atoms with Crippen molar-refractivity contribution in [2.24, 2.45) is 5.73 Å². The summed E-state index contributed by atoms with van der Waals surface area (Å²) in [4.78, 5) is 48.7. The van der Waals surface area contributed by atoms with E-state index in [-0.39, 0.29) is 37.8 Å². The number of rotatable bonds is 12. The molecular formula is C21H30N4O5. The van der Waals surface area contributed by atoms with E-state index < -0.39 is 23.8 Å². The third-order valence-electron chi connectivity index (χ3n) is 5.02. The lowest BCUT2D eigenvalue weighted by molar-refractivity contribution is -0.142. The summed E-state index contributed by atoms with van der Waals surface area (Å²) in [6, 6.07) is 4.94. The number of carbonyl (C=O) groups excluding carboxylic acids is 3. The highest BCUT2D eigenvalue weighted by molar-refractivity contribution is 5.93. The molecule has 0 saturated heterocycles. The molecule has 1 aromatic rings. The molecule has 0 spiro atoms. The van der Waals surface area contributed by atoms with Crippen LogP contribution in [0.5, 0.6) is 0 Å². The Morgan fingerprint density at radius 3 is 2.47 bits per heavy atom. The van der Waals surface area contributed by atoms with E-state index in [1.54, 1.807) is 0 Å². The molecule has 5 N–H and O–H groups in total. The van der Waals surface area contributed by atoms with Crippen molar-refractivity contribution in [1.82, 2.24) is 10.2 Å². The van der Waals surface area contributed by atoms with Crippen LogP contribution in [-0.2, 0) is 19.2 Å². The van der Waals surface area contributed by atoms with E-state index in [4.69, 9.17) is 5.73 Å². The fraction of sp³-hybridized carbons (Fsp3) is 0.524. The molecule has 1 aromatic carbocycles. The third kappa shape index (κ3) is 7.82. The van der Waals surface area contributed by atoms with E-state index in [1.165, 1.54) is 0 Å². The van der Waals surface area contributed by atoms with Gasteiger partial charge in [0, 0.05) is 31.1 Å². The molecule has 9 nitrogen and oxygen atoms in total. The normalized spacial score (nSPS) is 14.2. The third-order valence-corrected chi connectivity index (χ3v) is 5.02. The van der Waals surface area contributed by atoms with Gasteiger partial charge in [0.15, 0.2) is 0 Å². The molecule has 3 amide bonds. The van der Waals surface area contributed by atoms with Crippen molar-refractivity contribution in [2.75, 3.05) is 18.4 Å². The molecule has 1 fully saturated rings.